The maximum absolute atomic E-state index is 13.1. The predicted molar refractivity (Wildman–Crippen MR) is 68.9 cm³/mol. The molecule has 0 unspecified atom stereocenters. The smallest absolute Gasteiger partial charge is 0.340 e. The molecule has 0 saturated carbocycles. The van der Waals surface area contributed by atoms with Gasteiger partial charge < -0.3 is 10.5 Å². The van der Waals surface area contributed by atoms with Gasteiger partial charge in [-0.15, -0.1) is 0 Å². The molecule has 0 fully saturated rings. The molecule has 6 heteroatoms. The normalized spacial score (nSPS) is 10.3. The number of benzene rings is 1. The Morgan fingerprint density at radius 3 is 2.75 bits per heavy atom. The molecular formula is C14H12F2N2O2. The van der Waals surface area contributed by atoms with Gasteiger partial charge in [-0.2, -0.15) is 0 Å². The molecule has 2 aromatic rings. The number of esters is 1. The van der Waals surface area contributed by atoms with Gasteiger partial charge in [-0.05, 0) is 24.6 Å². The second-order valence-electron chi connectivity index (χ2n) is 4.20. The number of rotatable bonds is 3. The first-order valence-electron chi connectivity index (χ1n) is 5.81. The number of aromatic nitrogens is 1. The van der Waals surface area contributed by atoms with E-state index in [1.165, 1.54) is 0 Å². The lowest BCUT2D eigenvalue weighted by Gasteiger charge is -2.08. The van der Waals surface area contributed by atoms with Crippen molar-refractivity contribution in [2.75, 3.05) is 5.73 Å². The Balaban J connectivity index is 2.13. The minimum atomic E-state index is -1.15. The van der Waals surface area contributed by atoms with Gasteiger partial charge in [0.1, 0.15) is 6.61 Å². The van der Waals surface area contributed by atoms with Crippen LogP contribution in [0.25, 0.3) is 0 Å². The third-order valence-electron chi connectivity index (χ3n) is 2.77. The van der Waals surface area contributed by atoms with Crippen LogP contribution in [0.3, 0.4) is 0 Å². The Bertz CT molecular complexity index is 660. The highest BCUT2D eigenvalue weighted by atomic mass is 19.2. The van der Waals surface area contributed by atoms with Gasteiger partial charge in [0.2, 0.25) is 0 Å². The van der Waals surface area contributed by atoms with Crippen molar-refractivity contribution < 1.29 is 18.3 Å². The highest BCUT2D eigenvalue weighted by Crippen LogP contribution is 2.18. The second-order valence-corrected chi connectivity index (χ2v) is 4.20. The summed E-state index contributed by atoms with van der Waals surface area (Å²) >= 11 is 0. The molecule has 1 heterocycles. The van der Waals surface area contributed by atoms with Gasteiger partial charge in [0.15, 0.2) is 11.6 Å². The molecule has 0 bridgehead atoms. The van der Waals surface area contributed by atoms with Crippen LogP contribution in [0, 0.1) is 18.6 Å². The van der Waals surface area contributed by atoms with Gasteiger partial charge in [-0.25, -0.2) is 13.6 Å². The van der Waals surface area contributed by atoms with Crippen molar-refractivity contribution in [3.63, 3.8) is 0 Å². The van der Waals surface area contributed by atoms with Gasteiger partial charge in [-0.3, -0.25) is 4.98 Å². The van der Waals surface area contributed by atoms with Crippen molar-refractivity contribution in [2.45, 2.75) is 13.5 Å². The molecule has 2 N–H and O–H groups in total. The van der Waals surface area contributed by atoms with Gasteiger partial charge in [0.25, 0.3) is 0 Å². The number of nitrogens with zero attached hydrogens (tertiary/aromatic N) is 1. The number of carbonyl (C=O) groups excluding carboxylic acids is 1. The number of aryl methyl sites for hydroxylation is 1. The summed E-state index contributed by atoms with van der Waals surface area (Å²) in [7, 11) is 0. The number of nitrogens with two attached hydrogens (primary N) is 1. The summed E-state index contributed by atoms with van der Waals surface area (Å²) < 4.78 is 31.0. The highest BCUT2D eigenvalue weighted by Gasteiger charge is 2.16. The molecule has 0 aliphatic carbocycles. The zero-order valence-electron chi connectivity index (χ0n) is 10.7. The van der Waals surface area contributed by atoms with Crippen LogP contribution in [-0.2, 0) is 11.3 Å². The SMILES string of the molecule is Cc1cccnc1COC(=O)c1cc(F)c(F)cc1N. The quantitative estimate of drug-likeness (QED) is 0.692. The lowest BCUT2D eigenvalue weighted by molar-refractivity contribution is 0.0467. The first-order valence-corrected chi connectivity index (χ1v) is 5.81. The summed E-state index contributed by atoms with van der Waals surface area (Å²) in [5.41, 5.74) is 6.53. The summed E-state index contributed by atoms with van der Waals surface area (Å²) in [5, 5.41) is 0. The van der Waals surface area contributed by atoms with Crippen LogP contribution in [-0.4, -0.2) is 11.0 Å². The zero-order valence-corrected chi connectivity index (χ0v) is 10.7. The summed E-state index contributed by atoms with van der Waals surface area (Å²) in [6.07, 6.45) is 1.57. The number of pyridine rings is 1. The first-order chi connectivity index (χ1) is 9.49. The van der Waals surface area contributed by atoms with E-state index in [4.69, 9.17) is 10.5 Å². The van der Waals surface area contributed by atoms with Crippen molar-refractivity contribution in [3.05, 3.63) is 58.9 Å². The van der Waals surface area contributed by atoms with Crippen molar-refractivity contribution >= 4 is 11.7 Å². The maximum atomic E-state index is 13.1. The first kappa shape index (κ1) is 13.9. The Morgan fingerprint density at radius 2 is 2.05 bits per heavy atom. The van der Waals surface area contributed by atoms with Gasteiger partial charge in [-0.1, -0.05) is 6.07 Å². The predicted octanol–water partition coefficient (Wildman–Crippen LogP) is 2.61. The average molecular weight is 278 g/mol. The standard InChI is InChI=1S/C14H12F2N2O2/c1-8-3-2-4-18-13(8)7-20-14(19)9-5-10(15)11(16)6-12(9)17/h2-6H,7,17H2,1H3. The van der Waals surface area contributed by atoms with Crippen molar-refractivity contribution in [2.24, 2.45) is 0 Å². The molecular weight excluding hydrogens is 266 g/mol. The molecule has 2 rings (SSSR count). The Hall–Kier alpha value is -2.50. The van der Waals surface area contributed by atoms with Crippen molar-refractivity contribution in [1.29, 1.82) is 0 Å². The van der Waals surface area contributed by atoms with Crippen molar-refractivity contribution in [3.8, 4) is 0 Å². The summed E-state index contributed by atoms with van der Waals surface area (Å²) in [6, 6.07) is 5.05. The minimum absolute atomic E-state index is 0.0655. The van der Waals surface area contributed by atoms with Crippen LogP contribution in [0.4, 0.5) is 14.5 Å². The minimum Gasteiger partial charge on any atom is -0.456 e. The van der Waals surface area contributed by atoms with E-state index in [1.54, 1.807) is 12.3 Å². The third kappa shape index (κ3) is 2.90. The number of hydrogen-bond acceptors (Lipinski definition) is 4. The fourth-order valence-corrected chi connectivity index (χ4v) is 1.62. The number of halogens is 2. The van der Waals surface area contributed by atoms with E-state index in [0.717, 1.165) is 17.7 Å². The average Bonchev–Trinajstić information content (AvgIpc) is 2.41. The van der Waals surface area contributed by atoms with E-state index in [2.05, 4.69) is 4.98 Å². The Labute approximate surface area is 114 Å². The van der Waals surface area contributed by atoms with E-state index in [9.17, 15) is 13.6 Å². The van der Waals surface area contributed by atoms with Gasteiger partial charge in [0, 0.05) is 18.0 Å². The van der Waals surface area contributed by atoms with E-state index in [1.807, 2.05) is 13.0 Å². The lowest BCUT2D eigenvalue weighted by atomic mass is 10.1. The van der Waals surface area contributed by atoms with Crippen LogP contribution in [0.2, 0.25) is 0 Å². The fourth-order valence-electron chi connectivity index (χ4n) is 1.62. The molecule has 0 amide bonds. The molecule has 4 nitrogen and oxygen atoms in total. The molecule has 1 aromatic carbocycles. The van der Waals surface area contributed by atoms with Crippen LogP contribution in [0.1, 0.15) is 21.6 Å². The molecule has 0 radical (unpaired) electrons. The number of ether oxygens (including phenoxy) is 1. The third-order valence-corrected chi connectivity index (χ3v) is 2.77. The summed E-state index contributed by atoms with van der Waals surface area (Å²) in [6.45, 7) is 1.76. The summed E-state index contributed by atoms with van der Waals surface area (Å²) in [5.74, 6) is -3.09. The maximum Gasteiger partial charge on any atom is 0.340 e. The molecule has 20 heavy (non-hydrogen) atoms. The number of nitrogen functional groups attached to an aromatic ring is 1. The fraction of sp³-hybridized carbons (Fsp3) is 0.143. The Kier molecular flexibility index (Phi) is 3.93. The zero-order chi connectivity index (χ0) is 14.7. The van der Waals surface area contributed by atoms with E-state index in [0.29, 0.717) is 5.69 Å². The number of hydrogen-bond donors (Lipinski definition) is 1. The number of carbonyl (C=O) groups is 1. The molecule has 0 spiro atoms. The number of anilines is 1. The van der Waals surface area contributed by atoms with E-state index >= 15 is 0 Å². The largest absolute Gasteiger partial charge is 0.456 e. The van der Waals surface area contributed by atoms with E-state index < -0.39 is 17.6 Å². The van der Waals surface area contributed by atoms with E-state index in [-0.39, 0.29) is 17.9 Å². The monoisotopic (exact) mass is 278 g/mol. The molecule has 1 aromatic heterocycles. The van der Waals surface area contributed by atoms with Crippen LogP contribution < -0.4 is 5.73 Å². The van der Waals surface area contributed by atoms with Crippen LogP contribution in [0.15, 0.2) is 30.5 Å². The van der Waals surface area contributed by atoms with Crippen LogP contribution in [0.5, 0.6) is 0 Å². The molecule has 0 saturated heterocycles. The molecule has 0 atom stereocenters. The van der Waals surface area contributed by atoms with Crippen LogP contribution >= 0.6 is 0 Å². The topological polar surface area (TPSA) is 65.2 Å². The molecule has 104 valence electrons. The second kappa shape index (κ2) is 5.64. The van der Waals surface area contributed by atoms with Crippen molar-refractivity contribution in [1.82, 2.24) is 4.98 Å². The Morgan fingerprint density at radius 1 is 1.35 bits per heavy atom. The highest BCUT2D eigenvalue weighted by molar-refractivity contribution is 5.95. The lowest BCUT2D eigenvalue weighted by Crippen LogP contribution is -2.10. The summed E-state index contributed by atoms with van der Waals surface area (Å²) in [4.78, 5) is 15.8. The van der Waals surface area contributed by atoms with Gasteiger partial charge >= 0.3 is 5.97 Å². The van der Waals surface area contributed by atoms with Gasteiger partial charge in [0.05, 0.1) is 11.3 Å². The molecule has 0 aliphatic heterocycles. The molecule has 0 aliphatic rings.